The number of nitrogens with two attached hydrogens (primary N) is 1. The lowest BCUT2D eigenvalue weighted by molar-refractivity contribution is 0.103. The van der Waals surface area contributed by atoms with Gasteiger partial charge >= 0.3 is 0 Å². The molecule has 0 saturated carbocycles. The molecule has 1 aromatic heterocycles. The maximum Gasteiger partial charge on any atom is 0.194 e. The third kappa shape index (κ3) is 2.08. The molecular formula is C13H12N2O. The molecule has 2 rings (SSSR count). The fourth-order valence-electron chi connectivity index (χ4n) is 1.45. The second kappa shape index (κ2) is 4.14. The van der Waals surface area contributed by atoms with Crippen LogP contribution in [0.3, 0.4) is 0 Å². The van der Waals surface area contributed by atoms with Crippen LogP contribution in [-0.4, -0.2) is 10.8 Å². The van der Waals surface area contributed by atoms with Crippen LogP contribution >= 0.6 is 0 Å². The Kier molecular flexibility index (Phi) is 2.68. The second-order valence-electron chi connectivity index (χ2n) is 3.64. The number of nitrogen functional groups attached to an aromatic ring is 1. The molecule has 0 radical (unpaired) electrons. The van der Waals surface area contributed by atoms with E-state index in [-0.39, 0.29) is 5.78 Å². The first-order chi connectivity index (χ1) is 7.66. The van der Waals surface area contributed by atoms with Crippen molar-refractivity contribution in [2.75, 3.05) is 5.73 Å². The smallest absolute Gasteiger partial charge is 0.194 e. The topological polar surface area (TPSA) is 56.0 Å². The van der Waals surface area contributed by atoms with Crippen LogP contribution in [0.1, 0.15) is 21.6 Å². The van der Waals surface area contributed by atoms with Crippen LogP contribution in [0.2, 0.25) is 0 Å². The van der Waals surface area contributed by atoms with Crippen molar-refractivity contribution in [1.29, 1.82) is 0 Å². The number of hydrogen-bond acceptors (Lipinski definition) is 3. The van der Waals surface area contributed by atoms with Crippen molar-refractivity contribution < 1.29 is 4.79 Å². The van der Waals surface area contributed by atoms with Crippen molar-refractivity contribution in [2.24, 2.45) is 0 Å². The summed E-state index contributed by atoms with van der Waals surface area (Å²) < 4.78 is 0. The Labute approximate surface area is 93.9 Å². The van der Waals surface area contributed by atoms with Crippen LogP contribution in [0, 0.1) is 6.92 Å². The van der Waals surface area contributed by atoms with Gasteiger partial charge in [-0.1, -0.05) is 12.1 Å². The van der Waals surface area contributed by atoms with Crippen molar-refractivity contribution in [3.8, 4) is 0 Å². The van der Waals surface area contributed by atoms with E-state index < -0.39 is 0 Å². The number of benzene rings is 1. The van der Waals surface area contributed by atoms with E-state index in [4.69, 9.17) is 5.73 Å². The minimum atomic E-state index is -0.0557. The molecule has 0 unspecified atom stereocenters. The first-order valence-electron chi connectivity index (χ1n) is 5.00. The Morgan fingerprint density at radius 2 is 2.00 bits per heavy atom. The summed E-state index contributed by atoms with van der Waals surface area (Å²) in [6.07, 6.45) is 1.58. The van der Waals surface area contributed by atoms with E-state index in [0.29, 0.717) is 16.8 Å². The number of ketones is 1. The Balaban J connectivity index is 2.35. The van der Waals surface area contributed by atoms with Gasteiger partial charge < -0.3 is 5.73 Å². The van der Waals surface area contributed by atoms with Crippen molar-refractivity contribution >= 4 is 11.5 Å². The van der Waals surface area contributed by atoms with Crippen molar-refractivity contribution in [1.82, 2.24) is 4.98 Å². The molecule has 2 aromatic rings. The van der Waals surface area contributed by atoms with Gasteiger partial charge in [0.15, 0.2) is 5.78 Å². The van der Waals surface area contributed by atoms with E-state index in [9.17, 15) is 4.79 Å². The van der Waals surface area contributed by atoms with Gasteiger partial charge in [0.2, 0.25) is 0 Å². The minimum absolute atomic E-state index is 0.0557. The summed E-state index contributed by atoms with van der Waals surface area (Å²) in [7, 11) is 0. The summed E-state index contributed by atoms with van der Waals surface area (Å²) in [5.74, 6) is -0.0557. The van der Waals surface area contributed by atoms with Crippen molar-refractivity contribution in [3.05, 3.63) is 59.4 Å². The minimum Gasteiger partial charge on any atom is -0.399 e. The summed E-state index contributed by atoms with van der Waals surface area (Å²) in [5, 5.41) is 0. The summed E-state index contributed by atoms with van der Waals surface area (Å²) in [6.45, 7) is 1.88. The number of aromatic nitrogens is 1. The molecule has 3 nitrogen and oxygen atoms in total. The van der Waals surface area contributed by atoms with Gasteiger partial charge in [-0.2, -0.15) is 0 Å². The molecule has 0 aliphatic carbocycles. The van der Waals surface area contributed by atoms with Gasteiger partial charge in [0.25, 0.3) is 0 Å². The molecular weight excluding hydrogens is 200 g/mol. The van der Waals surface area contributed by atoms with Gasteiger partial charge in [-0.3, -0.25) is 9.78 Å². The van der Waals surface area contributed by atoms with Gasteiger partial charge in [-0.25, -0.2) is 0 Å². The molecule has 0 bridgehead atoms. The fourth-order valence-corrected chi connectivity index (χ4v) is 1.45. The van der Waals surface area contributed by atoms with Gasteiger partial charge in [-0.05, 0) is 31.2 Å². The predicted molar refractivity (Wildman–Crippen MR) is 63.3 cm³/mol. The largest absolute Gasteiger partial charge is 0.399 e. The summed E-state index contributed by atoms with van der Waals surface area (Å²) in [6, 6.07) is 10.5. The summed E-state index contributed by atoms with van der Waals surface area (Å²) >= 11 is 0. The van der Waals surface area contributed by atoms with Gasteiger partial charge in [0, 0.05) is 28.7 Å². The number of carbonyl (C=O) groups excluding carboxylic acids is 1. The molecule has 2 N–H and O–H groups in total. The highest BCUT2D eigenvalue weighted by Gasteiger charge is 2.08. The Bertz CT molecular complexity index is 518. The number of nitrogens with zero attached hydrogens (tertiary/aromatic N) is 1. The maximum absolute atomic E-state index is 12.0. The molecule has 0 spiro atoms. The lowest BCUT2D eigenvalue weighted by atomic mass is 10.0. The van der Waals surface area contributed by atoms with E-state index >= 15 is 0 Å². The molecule has 3 heteroatoms. The van der Waals surface area contributed by atoms with Gasteiger partial charge in [-0.15, -0.1) is 0 Å². The average Bonchev–Trinajstić information content (AvgIpc) is 2.29. The molecule has 0 amide bonds. The lowest BCUT2D eigenvalue weighted by Gasteiger charge is -2.02. The van der Waals surface area contributed by atoms with Crippen molar-refractivity contribution in [3.63, 3.8) is 0 Å². The maximum atomic E-state index is 12.0. The summed E-state index contributed by atoms with van der Waals surface area (Å²) in [5.41, 5.74) is 8.28. The molecule has 0 fully saturated rings. The quantitative estimate of drug-likeness (QED) is 0.613. The first-order valence-corrected chi connectivity index (χ1v) is 5.00. The van der Waals surface area contributed by atoms with E-state index in [1.807, 2.05) is 13.0 Å². The Morgan fingerprint density at radius 1 is 1.19 bits per heavy atom. The molecule has 0 saturated heterocycles. The zero-order valence-corrected chi connectivity index (χ0v) is 8.97. The van der Waals surface area contributed by atoms with Crippen molar-refractivity contribution in [2.45, 2.75) is 6.92 Å². The number of rotatable bonds is 2. The van der Waals surface area contributed by atoms with E-state index in [1.165, 1.54) is 0 Å². The highest BCUT2D eigenvalue weighted by Crippen LogP contribution is 2.12. The third-order valence-corrected chi connectivity index (χ3v) is 2.32. The normalized spacial score (nSPS) is 10.1. The number of carbonyl (C=O) groups is 1. The summed E-state index contributed by atoms with van der Waals surface area (Å²) in [4.78, 5) is 16.1. The lowest BCUT2D eigenvalue weighted by Crippen LogP contribution is -2.02. The van der Waals surface area contributed by atoms with E-state index in [0.717, 1.165) is 5.69 Å². The molecule has 16 heavy (non-hydrogen) atoms. The highest BCUT2D eigenvalue weighted by molar-refractivity contribution is 6.09. The number of pyridine rings is 1. The first kappa shape index (κ1) is 10.4. The zero-order valence-electron chi connectivity index (χ0n) is 8.97. The molecule has 1 heterocycles. The Morgan fingerprint density at radius 3 is 2.62 bits per heavy atom. The molecule has 0 atom stereocenters. The third-order valence-electron chi connectivity index (χ3n) is 2.32. The monoisotopic (exact) mass is 212 g/mol. The molecule has 0 aliphatic rings. The average molecular weight is 212 g/mol. The number of anilines is 1. The van der Waals surface area contributed by atoms with E-state index in [1.54, 1.807) is 36.5 Å². The predicted octanol–water partition coefficient (Wildman–Crippen LogP) is 2.20. The SMILES string of the molecule is Cc1ccc(C(=O)c2cccc(N)c2)cn1. The molecule has 80 valence electrons. The second-order valence-corrected chi connectivity index (χ2v) is 3.64. The fraction of sp³-hybridized carbons (Fsp3) is 0.0769. The zero-order chi connectivity index (χ0) is 11.5. The van der Waals surface area contributed by atoms with Crippen LogP contribution < -0.4 is 5.73 Å². The molecule has 0 aliphatic heterocycles. The van der Waals surface area contributed by atoms with E-state index in [2.05, 4.69) is 4.98 Å². The standard InChI is InChI=1S/C13H12N2O/c1-9-5-6-11(8-15-9)13(16)10-3-2-4-12(14)7-10/h2-8H,14H2,1H3. The van der Waals surface area contributed by atoms with Gasteiger partial charge in [0.05, 0.1) is 0 Å². The van der Waals surface area contributed by atoms with Crippen LogP contribution in [0.4, 0.5) is 5.69 Å². The Hall–Kier alpha value is -2.16. The van der Waals surface area contributed by atoms with Crippen LogP contribution in [0.5, 0.6) is 0 Å². The van der Waals surface area contributed by atoms with Crippen LogP contribution in [-0.2, 0) is 0 Å². The van der Waals surface area contributed by atoms with Crippen LogP contribution in [0.15, 0.2) is 42.6 Å². The van der Waals surface area contributed by atoms with Gasteiger partial charge in [0.1, 0.15) is 0 Å². The number of aryl methyl sites for hydroxylation is 1. The van der Waals surface area contributed by atoms with Crippen LogP contribution in [0.25, 0.3) is 0 Å². The highest BCUT2D eigenvalue weighted by atomic mass is 16.1. The molecule has 1 aromatic carbocycles. The number of hydrogen-bond donors (Lipinski definition) is 1.